The highest BCUT2D eigenvalue weighted by atomic mass is 35.5. The molecule has 128 valence electrons. The van der Waals surface area contributed by atoms with Gasteiger partial charge < -0.3 is 14.5 Å². The van der Waals surface area contributed by atoms with Crippen molar-refractivity contribution < 1.29 is 4.79 Å². The van der Waals surface area contributed by atoms with Gasteiger partial charge in [0.1, 0.15) is 0 Å². The van der Waals surface area contributed by atoms with E-state index in [4.69, 9.17) is 11.6 Å². The molecule has 1 heterocycles. The van der Waals surface area contributed by atoms with E-state index in [0.717, 1.165) is 5.56 Å². The van der Waals surface area contributed by atoms with Crippen molar-refractivity contribution in [3.05, 3.63) is 73.3 Å². The summed E-state index contributed by atoms with van der Waals surface area (Å²) in [5.74, 6) is -0.306. The molecule has 1 amide bonds. The Kier molecular flexibility index (Phi) is 4.22. The summed E-state index contributed by atoms with van der Waals surface area (Å²) in [6.07, 6.45) is 0. The summed E-state index contributed by atoms with van der Waals surface area (Å²) >= 11 is 5.92. The number of rotatable bonds is 2. The van der Waals surface area contributed by atoms with Gasteiger partial charge in [-0.2, -0.15) is 0 Å². The van der Waals surface area contributed by atoms with Gasteiger partial charge in [-0.1, -0.05) is 17.7 Å². The molecule has 0 aliphatic rings. The van der Waals surface area contributed by atoms with Gasteiger partial charge in [-0.3, -0.25) is 14.4 Å². The fourth-order valence-corrected chi connectivity index (χ4v) is 2.87. The number of nitrogens with one attached hydrogen (secondary N) is 1. The molecule has 0 spiro atoms. The van der Waals surface area contributed by atoms with Crippen molar-refractivity contribution in [1.82, 2.24) is 9.13 Å². The van der Waals surface area contributed by atoms with Gasteiger partial charge in [0.2, 0.25) is 0 Å². The van der Waals surface area contributed by atoms with E-state index < -0.39 is 11.1 Å². The van der Waals surface area contributed by atoms with Crippen LogP contribution in [0.2, 0.25) is 5.02 Å². The molecule has 0 bridgehead atoms. The van der Waals surface area contributed by atoms with E-state index in [0.29, 0.717) is 27.3 Å². The van der Waals surface area contributed by atoms with Gasteiger partial charge in [-0.25, -0.2) is 0 Å². The number of aryl methyl sites for hydroxylation is 3. The predicted octanol–water partition coefficient (Wildman–Crippen LogP) is 2.45. The van der Waals surface area contributed by atoms with Crippen LogP contribution in [-0.2, 0) is 14.1 Å². The molecule has 3 aromatic rings. The molecule has 3 rings (SSSR count). The van der Waals surface area contributed by atoms with E-state index >= 15 is 0 Å². The minimum Gasteiger partial charge on any atom is -0.322 e. The van der Waals surface area contributed by atoms with E-state index in [-0.39, 0.29) is 5.91 Å². The number of nitrogens with zero attached hydrogens (tertiary/aromatic N) is 2. The number of fused-ring (bicyclic) bond motifs is 1. The Bertz CT molecular complexity index is 1130. The van der Waals surface area contributed by atoms with Crippen LogP contribution in [0.1, 0.15) is 15.9 Å². The second kappa shape index (κ2) is 6.22. The van der Waals surface area contributed by atoms with Crippen LogP contribution < -0.4 is 16.4 Å². The van der Waals surface area contributed by atoms with Crippen LogP contribution in [0.25, 0.3) is 11.0 Å². The van der Waals surface area contributed by atoms with Gasteiger partial charge >= 0.3 is 11.1 Å². The Balaban J connectivity index is 2.12. The van der Waals surface area contributed by atoms with Crippen LogP contribution >= 0.6 is 11.6 Å². The molecule has 6 nitrogen and oxygen atoms in total. The SMILES string of the molecule is Cc1cc2c(cc1NC(=O)c1cccc(Cl)c1)n(C)c(=O)c(=O)n2C. The summed E-state index contributed by atoms with van der Waals surface area (Å²) in [4.78, 5) is 36.4. The number of carbonyl (C=O) groups is 1. The summed E-state index contributed by atoms with van der Waals surface area (Å²) < 4.78 is 2.60. The Labute approximate surface area is 148 Å². The fourth-order valence-electron chi connectivity index (χ4n) is 2.68. The standard InChI is InChI=1S/C18H16ClN3O3/c1-10-7-14-15(22(3)18(25)17(24)21(14)2)9-13(10)20-16(23)11-5-4-6-12(19)8-11/h4-9H,1-3H3,(H,20,23). The van der Waals surface area contributed by atoms with Gasteiger partial charge in [0.05, 0.1) is 11.0 Å². The van der Waals surface area contributed by atoms with Crippen LogP contribution in [0.4, 0.5) is 5.69 Å². The van der Waals surface area contributed by atoms with Crippen molar-refractivity contribution >= 4 is 34.2 Å². The summed E-state index contributed by atoms with van der Waals surface area (Å²) in [7, 11) is 3.08. The maximum absolute atomic E-state index is 12.4. The fraction of sp³-hybridized carbons (Fsp3) is 0.167. The minimum atomic E-state index is -0.619. The zero-order chi connectivity index (χ0) is 18.3. The van der Waals surface area contributed by atoms with Crippen molar-refractivity contribution in [2.45, 2.75) is 6.92 Å². The molecule has 0 radical (unpaired) electrons. The zero-order valence-electron chi connectivity index (χ0n) is 14.0. The minimum absolute atomic E-state index is 0.306. The normalized spacial score (nSPS) is 10.9. The van der Waals surface area contributed by atoms with Gasteiger partial charge in [0.15, 0.2) is 0 Å². The highest BCUT2D eigenvalue weighted by molar-refractivity contribution is 6.31. The average molecular weight is 358 g/mol. The largest absolute Gasteiger partial charge is 0.322 e. The number of anilines is 1. The lowest BCUT2D eigenvalue weighted by molar-refractivity contribution is 0.102. The second-order valence-electron chi connectivity index (χ2n) is 5.85. The number of halogens is 1. The van der Waals surface area contributed by atoms with Crippen molar-refractivity contribution in [2.75, 3.05) is 5.32 Å². The molecule has 0 saturated heterocycles. The first kappa shape index (κ1) is 17.0. The average Bonchev–Trinajstić information content (AvgIpc) is 2.59. The van der Waals surface area contributed by atoms with Gasteiger partial charge in [0.25, 0.3) is 5.91 Å². The van der Waals surface area contributed by atoms with Crippen LogP contribution in [0.3, 0.4) is 0 Å². The molecule has 0 aliphatic carbocycles. The molecule has 0 atom stereocenters. The highest BCUT2D eigenvalue weighted by Gasteiger charge is 2.13. The molecule has 2 aromatic carbocycles. The van der Waals surface area contributed by atoms with E-state index in [9.17, 15) is 14.4 Å². The van der Waals surface area contributed by atoms with Crippen molar-refractivity contribution in [1.29, 1.82) is 0 Å². The topological polar surface area (TPSA) is 73.1 Å². The first-order valence-corrected chi connectivity index (χ1v) is 7.94. The molecule has 0 fully saturated rings. The molecule has 7 heteroatoms. The monoisotopic (exact) mass is 357 g/mol. The summed E-state index contributed by atoms with van der Waals surface area (Å²) in [6.45, 7) is 1.82. The number of aromatic nitrogens is 2. The smallest absolute Gasteiger partial charge is 0.316 e. The van der Waals surface area contributed by atoms with E-state index in [1.54, 1.807) is 43.4 Å². The molecular weight excluding hydrogens is 342 g/mol. The van der Waals surface area contributed by atoms with Crippen LogP contribution in [0, 0.1) is 6.92 Å². The van der Waals surface area contributed by atoms with E-state index in [2.05, 4.69) is 5.32 Å². The molecule has 0 unspecified atom stereocenters. The molecular formula is C18H16ClN3O3. The molecule has 25 heavy (non-hydrogen) atoms. The molecule has 0 aliphatic heterocycles. The maximum atomic E-state index is 12.4. The highest BCUT2D eigenvalue weighted by Crippen LogP contribution is 2.22. The second-order valence-corrected chi connectivity index (χ2v) is 6.29. The van der Waals surface area contributed by atoms with Gasteiger partial charge in [0, 0.05) is 30.4 Å². The Morgan fingerprint density at radius 3 is 2.20 bits per heavy atom. The Morgan fingerprint density at radius 1 is 1.00 bits per heavy atom. The third-order valence-corrected chi connectivity index (χ3v) is 4.41. The lowest BCUT2D eigenvalue weighted by Gasteiger charge is -2.14. The van der Waals surface area contributed by atoms with Crippen molar-refractivity contribution in [3.63, 3.8) is 0 Å². The van der Waals surface area contributed by atoms with Crippen LogP contribution in [-0.4, -0.2) is 15.0 Å². The van der Waals surface area contributed by atoms with Crippen molar-refractivity contribution in [3.8, 4) is 0 Å². The number of amides is 1. The van der Waals surface area contributed by atoms with E-state index in [1.807, 2.05) is 6.92 Å². The zero-order valence-corrected chi connectivity index (χ0v) is 14.7. The quantitative estimate of drug-likeness (QED) is 0.716. The third kappa shape index (κ3) is 2.96. The molecule has 1 N–H and O–H groups in total. The first-order valence-electron chi connectivity index (χ1n) is 7.57. The third-order valence-electron chi connectivity index (χ3n) is 4.17. The predicted molar refractivity (Wildman–Crippen MR) is 98.6 cm³/mol. The lowest BCUT2D eigenvalue weighted by atomic mass is 10.1. The summed E-state index contributed by atoms with van der Waals surface area (Å²) in [5.41, 5.74) is 1.73. The molecule has 1 aromatic heterocycles. The number of benzene rings is 2. The van der Waals surface area contributed by atoms with Gasteiger partial charge in [-0.15, -0.1) is 0 Å². The van der Waals surface area contributed by atoms with E-state index in [1.165, 1.54) is 16.2 Å². The number of hydrogen-bond acceptors (Lipinski definition) is 3. The first-order chi connectivity index (χ1) is 11.8. The molecule has 0 saturated carbocycles. The number of carbonyl (C=O) groups excluding carboxylic acids is 1. The Hall–Kier alpha value is -2.86. The lowest BCUT2D eigenvalue weighted by Crippen LogP contribution is -2.39. The van der Waals surface area contributed by atoms with Crippen LogP contribution in [0.5, 0.6) is 0 Å². The Morgan fingerprint density at radius 2 is 1.60 bits per heavy atom. The van der Waals surface area contributed by atoms with Crippen LogP contribution in [0.15, 0.2) is 46.0 Å². The summed E-state index contributed by atoms with van der Waals surface area (Å²) in [5, 5.41) is 3.30. The van der Waals surface area contributed by atoms with Gasteiger partial charge in [-0.05, 0) is 42.8 Å². The number of hydrogen-bond donors (Lipinski definition) is 1. The summed E-state index contributed by atoms with van der Waals surface area (Å²) in [6, 6.07) is 10.1. The maximum Gasteiger partial charge on any atom is 0.316 e. The van der Waals surface area contributed by atoms with Crippen molar-refractivity contribution in [2.24, 2.45) is 14.1 Å².